The molecule has 0 amide bonds. The largest absolute Gasteiger partial charge is 0.462 e. The molecule has 266 valence electrons. The minimum atomic E-state index is -0.152. The van der Waals surface area contributed by atoms with E-state index < -0.39 is 0 Å². The highest BCUT2D eigenvalue weighted by molar-refractivity contribution is 7.00. The first-order chi connectivity index (χ1) is 27.1. The first-order valence-corrected chi connectivity index (χ1v) is 19.0. The minimum absolute atomic E-state index is 0.0358. The lowest BCUT2D eigenvalue weighted by molar-refractivity contribution is 0.178. The van der Waals surface area contributed by atoms with Crippen molar-refractivity contribution < 1.29 is 18.9 Å². The topological polar surface area (TPSA) is 50.0 Å². The van der Waals surface area contributed by atoms with Crippen LogP contribution in [0.5, 0.6) is 11.5 Å². The normalized spacial score (nSPS) is 19.9. The van der Waals surface area contributed by atoms with E-state index in [1.807, 2.05) is 38.1 Å². The zero-order chi connectivity index (χ0) is 36.6. The highest BCUT2D eigenvalue weighted by atomic mass is 16.8. The van der Waals surface area contributed by atoms with Gasteiger partial charge in [-0.05, 0) is 125 Å². The van der Waals surface area contributed by atoms with Crippen LogP contribution in [0.1, 0.15) is 13.8 Å². The molecular weight excluding hydrogens is 679 g/mol. The third-order valence-corrected chi connectivity index (χ3v) is 11.2. The van der Waals surface area contributed by atoms with E-state index in [1.54, 1.807) is 0 Å². The summed E-state index contributed by atoms with van der Waals surface area (Å²) in [6.45, 7) is 4.08. The van der Waals surface area contributed by atoms with Crippen molar-refractivity contribution in [2.24, 2.45) is 0 Å². The molecule has 55 heavy (non-hydrogen) atoms. The predicted octanol–water partition coefficient (Wildman–Crippen LogP) is 9.35. The van der Waals surface area contributed by atoms with Gasteiger partial charge in [-0.3, -0.25) is 0 Å². The van der Waals surface area contributed by atoms with E-state index in [0.29, 0.717) is 0 Å². The number of hydrogen-bond donors (Lipinski definition) is 0. The van der Waals surface area contributed by atoms with Crippen molar-refractivity contribution in [3.05, 3.63) is 164 Å². The van der Waals surface area contributed by atoms with Gasteiger partial charge in [0, 0.05) is 34.1 Å². The minimum Gasteiger partial charge on any atom is -0.462 e. The molecule has 11 rings (SSSR count). The Kier molecular flexibility index (Phi) is 7.41. The molecule has 4 aliphatic rings. The summed E-state index contributed by atoms with van der Waals surface area (Å²) in [5.41, 5.74) is 15.4. The zero-order valence-corrected chi connectivity index (χ0v) is 30.5. The van der Waals surface area contributed by atoms with Crippen molar-refractivity contribution in [1.82, 2.24) is 0 Å². The van der Waals surface area contributed by atoms with Crippen LogP contribution in [-0.2, 0) is 9.47 Å². The molecule has 0 radical (unpaired) electrons. The summed E-state index contributed by atoms with van der Waals surface area (Å²) in [4.78, 5) is 4.87. The van der Waals surface area contributed by atoms with Gasteiger partial charge >= 0.3 is 0 Å². The first kappa shape index (κ1) is 32.2. The summed E-state index contributed by atoms with van der Waals surface area (Å²) in [6.07, 6.45) is 0.00863. The summed E-state index contributed by atoms with van der Waals surface area (Å²) in [6, 6.07) is 58.9. The Morgan fingerprint density at radius 2 is 0.891 bits per heavy atom. The zero-order valence-electron chi connectivity index (χ0n) is 30.5. The Morgan fingerprint density at radius 1 is 0.436 bits per heavy atom. The Balaban J connectivity index is 1.01. The molecule has 4 atom stereocenters. The van der Waals surface area contributed by atoms with Gasteiger partial charge in [-0.15, -0.1) is 0 Å². The second-order valence-corrected chi connectivity index (χ2v) is 14.7. The molecule has 4 heterocycles. The van der Waals surface area contributed by atoms with Crippen LogP contribution in [0.2, 0.25) is 0 Å². The maximum atomic E-state index is 5.97. The average molecular weight is 717 g/mol. The van der Waals surface area contributed by atoms with Gasteiger partial charge in [-0.2, -0.15) is 0 Å². The maximum Gasteiger partial charge on any atom is 0.252 e. The van der Waals surface area contributed by atoms with Gasteiger partial charge in [0.05, 0.1) is 0 Å². The summed E-state index contributed by atoms with van der Waals surface area (Å²) in [5, 5.41) is 0. The standard InChI is InChI=1S/C48H37BN2O4/c1-30-47(52-30)54-38-24-17-33(18-25-38)32-15-22-37(23-16-32)51-42-12-7-6-11-40(42)49-41-29-35(34-19-26-39(27-20-34)55-48-31(2)53-48)21-28-43(41)50(36-9-4-3-5-10-36)44-13-8-14-45(51)46(44)49/h3-31,47-48H,1-2H3. The molecular formula is C48H37BN2O4. The van der Waals surface area contributed by atoms with Crippen molar-refractivity contribution in [1.29, 1.82) is 0 Å². The number of fused-ring (bicyclic) bond motifs is 4. The van der Waals surface area contributed by atoms with Crippen molar-refractivity contribution in [2.75, 3.05) is 9.80 Å². The van der Waals surface area contributed by atoms with Gasteiger partial charge in [0.15, 0.2) is 0 Å². The molecule has 0 aromatic heterocycles. The summed E-state index contributed by atoms with van der Waals surface area (Å²) < 4.78 is 22.8. The van der Waals surface area contributed by atoms with Gasteiger partial charge in [-0.25, -0.2) is 0 Å². The van der Waals surface area contributed by atoms with E-state index in [0.717, 1.165) is 39.6 Å². The van der Waals surface area contributed by atoms with E-state index in [2.05, 4.69) is 149 Å². The maximum absolute atomic E-state index is 5.97. The molecule has 7 aromatic carbocycles. The Hall–Kier alpha value is -6.28. The smallest absolute Gasteiger partial charge is 0.252 e. The fraction of sp³-hybridized carbons (Fsp3) is 0.125. The molecule has 2 fully saturated rings. The lowest BCUT2D eigenvalue weighted by atomic mass is 9.33. The van der Waals surface area contributed by atoms with Crippen LogP contribution in [0.15, 0.2) is 164 Å². The summed E-state index contributed by atoms with van der Waals surface area (Å²) in [5.74, 6) is 1.64. The number of anilines is 6. The van der Waals surface area contributed by atoms with Crippen molar-refractivity contribution in [2.45, 2.75) is 38.6 Å². The SMILES string of the molecule is CC1OC1Oc1ccc(-c2ccc(N3c4ccccc4B4c5cc(-c6ccc(OC7OC7C)cc6)ccc5N(c5ccccc5)c5cccc3c54)cc2)cc1. The van der Waals surface area contributed by atoms with Crippen LogP contribution in [0.3, 0.4) is 0 Å². The molecule has 4 unspecified atom stereocenters. The van der Waals surface area contributed by atoms with Crippen molar-refractivity contribution >= 4 is 57.2 Å². The lowest BCUT2D eigenvalue weighted by Gasteiger charge is -2.44. The fourth-order valence-electron chi connectivity index (χ4n) is 8.31. The Bertz CT molecular complexity index is 2560. The highest BCUT2D eigenvalue weighted by Crippen LogP contribution is 2.44. The number of rotatable bonds is 8. The lowest BCUT2D eigenvalue weighted by Crippen LogP contribution is -2.61. The third-order valence-electron chi connectivity index (χ3n) is 11.2. The van der Waals surface area contributed by atoms with Gasteiger partial charge in [0.1, 0.15) is 23.7 Å². The molecule has 0 bridgehead atoms. The molecule has 0 saturated carbocycles. The highest BCUT2D eigenvalue weighted by Gasteiger charge is 2.43. The second kappa shape index (κ2) is 12.7. The van der Waals surface area contributed by atoms with E-state index in [4.69, 9.17) is 18.9 Å². The van der Waals surface area contributed by atoms with E-state index in [9.17, 15) is 0 Å². The Morgan fingerprint density at radius 3 is 1.47 bits per heavy atom. The summed E-state index contributed by atoms with van der Waals surface area (Å²) >= 11 is 0. The van der Waals surface area contributed by atoms with Gasteiger partial charge in [-0.1, -0.05) is 91.0 Å². The molecule has 4 aliphatic heterocycles. The number of para-hydroxylation sites is 2. The molecule has 7 aromatic rings. The molecule has 0 aliphatic carbocycles. The fourth-order valence-corrected chi connectivity index (χ4v) is 8.31. The van der Waals surface area contributed by atoms with Crippen molar-refractivity contribution in [3.8, 4) is 33.8 Å². The van der Waals surface area contributed by atoms with Crippen molar-refractivity contribution in [3.63, 3.8) is 0 Å². The van der Waals surface area contributed by atoms with E-state index in [1.165, 1.54) is 44.7 Å². The van der Waals surface area contributed by atoms with Crippen LogP contribution in [-0.4, -0.2) is 31.5 Å². The predicted molar refractivity (Wildman–Crippen MR) is 221 cm³/mol. The van der Waals surface area contributed by atoms with Gasteiger partial charge < -0.3 is 28.7 Å². The number of hydrogen-bond acceptors (Lipinski definition) is 6. The first-order valence-electron chi connectivity index (χ1n) is 19.0. The molecule has 2 saturated heterocycles. The second-order valence-electron chi connectivity index (χ2n) is 14.7. The van der Waals surface area contributed by atoms with Crippen LogP contribution in [0, 0.1) is 0 Å². The molecule has 0 spiro atoms. The monoisotopic (exact) mass is 716 g/mol. The van der Waals surface area contributed by atoms with Crippen LogP contribution in [0.25, 0.3) is 22.3 Å². The molecule has 7 heteroatoms. The molecule has 0 N–H and O–H groups in total. The molecule has 6 nitrogen and oxygen atoms in total. The summed E-state index contributed by atoms with van der Waals surface area (Å²) in [7, 11) is 0. The van der Waals surface area contributed by atoms with Crippen LogP contribution in [0.4, 0.5) is 34.1 Å². The quantitative estimate of drug-likeness (QED) is 0.115. The van der Waals surface area contributed by atoms with E-state index >= 15 is 0 Å². The third kappa shape index (κ3) is 5.58. The van der Waals surface area contributed by atoms with E-state index in [-0.39, 0.29) is 31.5 Å². The van der Waals surface area contributed by atoms with Crippen LogP contribution < -0.4 is 35.7 Å². The van der Waals surface area contributed by atoms with Crippen LogP contribution >= 0.6 is 0 Å². The Labute approximate surface area is 321 Å². The number of benzene rings is 7. The van der Waals surface area contributed by atoms with Gasteiger partial charge in [0.25, 0.3) is 6.71 Å². The number of ether oxygens (including phenoxy) is 4. The number of epoxide rings is 2. The van der Waals surface area contributed by atoms with Gasteiger partial charge in [0.2, 0.25) is 12.6 Å². The number of nitrogens with zero attached hydrogens (tertiary/aromatic N) is 2. The average Bonchev–Trinajstić information content (AvgIpc) is 4.14.